The van der Waals surface area contributed by atoms with E-state index >= 15 is 4.39 Å². The molecule has 0 radical (unpaired) electrons. The summed E-state index contributed by atoms with van der Waals surface area (Å²) in [5.74, 6) is -0.927. The topological polar surface area (TPSA) is 130 Å². The van der Waals surface area contributed by atoms with Gasteiger partial charge in [-0.2, -0.15) is 28.4 Å². The molecule has 42 heavy (non-hydrogen) atoms. The maximum absolute atomic E-state index is 16.1. The van der Waals surface area contributed by atoms with Gasteiger partial charge in [0, 0.05) is 30.5 Å². The van der Waals surface area contributed by atoms with Gasteiger partial charge in [0.2, 0.25) is 0 Å². The average Bonchev–Trinajstić information content (AvgIpc) is 3.15. The lowest BCUT2D eigenvalue weighted by Gasteiger charge is -2.42. The highest BCUT2D eigenvalue weighted by Crippen LogP contribution is 2.39. The maximum Gasteiger partial charge on any atom is 0.422 e. The van der Waals surface area contributed by atoms with Crippen LogP contribution in [0.25, 0.3) is 22.2 Å². The molecule has 1 aromatic carbocycles. The second kappa shape index (κ2) is 10.6. The lowest BCUT2D eigenvalue weighted by Crippen LogP contribution is -2.57. The van der Waals surface area contributed by atoms with E-state index < -0.39 is 36.3 Å². The molecular formula is C27H26ClF4N7O3. The molecule has 2 N–H and O–H groups in total. The van der Waals surface area contributed by atoms with E-state index in [-0.39, 0.29) is 69.4 Å². The van der Waals surface area contributed by atoms with Crippen LogP contribution in [0.5, 0.6) is 6.01 Å². The molecular weight excluding hydrogens is 582 g/mol. The number of hydrogen-bond donors (Lipinski definition) is 1. The number of nitriles is 1. The minimum Gasteiger partial charge on any atom is -0.454 e. The number of alkyl halides is 3. The van der Waals surface area contributed by atoms with Gasteiger partial charge in [0.15, 0.2) is 12.4 Å². The van der Waals surface area contributed by atoms with Crippen molar-refractivity contribution in [3.8, 4) is 23.3 Å². The number of carbonyl (C=O) groups excluding carboxylic acids is 1. The monoisotopic (exact) mass is 607 g/mol. The Kier molecular flexibility index (Phi) is 7.42. The fourth-order valence-corrected chi connectivity index (χ4v) is 5.55. The summed E-state index contributed by atoms with van der Waals surface area (Å²) in [6.07, 6.45) is -2.53. The number of halogens is 5. The minimum atomic E-state index is -4.70. The van der Waals surface area contributed by atoms with E-state index in [4.69, 9.17) is 26.8 Å². The van der Waals surface area contributed by atoms with Crippen molar-refractivity contribution in [2.45, 2.75) is 57.5 Å². The zero-order chi connectivity index (χ0) is 30.6. The number of nitrogen functional groups attached to an aromatic ring is 1. The molecule has 2 aliphatic heterocycles. The number of pyridine rings is 1. The highest BCUT2D eigenvalue weighted by atomic mass is 35.5. The fourth-order valence-electron chi connectivity index (χ4n) is 5.28. The Morgan fingerprint density at radius 1 is 1.19 bits per heavy atom. The van der Waals surface area contributed by atoms with Crippen molar-refractivity contribution < 1.29 is 31.8 Å². The minimum absolute atomic E-state index is 0.0103. The Labute approximate surface area is 243 Å². The van der Waals surface area contributed by atoms with Crippen LogP contribution in [-0.4, -0.2) is 69.5 Å². The van der Waals surface area contributed by atoms with Crippen molar-refractivity contribution in [1.29, 1.82) is 5.26 Å². The number of piperazine rings is 1. The lowest BCUT2D eigenvalue weighted by atomic mass is 10.0. The first kappa shape index (κ1) is 29.4. The Bertz CT molecular complexity index is 1590. The number of nitrogens with two attached hydrogens (primary N) is 1. The normalized spacial score (nSPS) is 18.7. The molecule has 5 rings (SSSR count). The van der Waals surface area contributed by atoms with Gasteiger partial charge in [0.05, 0.1) is 28.1 Å². The quantitative estimate of drug-likeness (QED) is 0.303. The molecule has 10 nitrogen and oxygen atoms in total. The number of anilines is 2. The van der Waals surface area contributed by atoms with Gasteiger partial charge in [-0.15, -0.1) is 0 Å². The van der Waals surface area contributed by atoms with Crippen LogP contribution in [0.4, 0.5) is 33.9 Å². The number of carbonyl (C=O) groups is 1. The van der Waals surface area contributed by atoms with E-state index in [1.165, 1.54) is 18.3 Å². The van der Waals surface area contributed by atoms with E-state index in [2.05, 4.69) is 15.0 Å². The van der Waals surface area contributed by atoms with Crippen molar-refractivity contribution in [3.05, 3.63) is 34.7 Å². The predicted molar refractivity (Wildman–Crippen MR) is 146 cm³/mol. The molecule has 3 aromatic rings. The number of rotatable bonds is 4. The van der Waals surface area contributed by atoms with Gasteiger partial charge in [0.1, 0.15) is 28.7 Å². The van der Waals surface area contributed by atoms with Crippen LogP contribution in [0.2, 0.25) is 5.02 Å². The number of fused-ring (bicyclic) bond motifs is 3. The number of amides is 1. The molecule has 0 unspecified atom stereocenters. The third kappa shape index (κ3) is 5.78. The van der Waals surface area contributed by atoms with Crippen LogP contribution >= 0.6 is 11.6 Å². The van der Waals surface area contributed by atoms with Crippen molar-refractivity contribution in [1.82, 2.24) is 19.9 Å². The highest BCUT2D eigenvalue weighted by Gasteiger charge is 2.45. The van der Waals surface area contributed by atoms with Crippen LogP contribution in [0.3, 0.4) is 0 Å². The number of benzene rings is 1. The molecule has 222 valence electrons. The van der Waals surface area contributed by atoms with E-state index in [9.17, 15) is 23.2 Å². The van der Waals surface area contributed by atoms with Crippen LogP contribution in [0, 0.1) is 17.1 Å². The van der Waals surface area contributed by atoms with E-state index in [1.54, 1.807) is 30.6 Å². The molecule has 15 heteroatoms. The predicted octanol–water partition coefficient (Wildman–Crippen LogP) is 5.47. The lowest BCUT2D eigenvalue weighted by molar-refractivity contribution is -0.154. The molecule has 0 aliphatic carbocycles. The second-order valence-electron chi connectivity index (χ2n) is 11.1. The molecule has 2 fully saturated rings. The van der Waals surface area contributed by atoms with Gasteiger partial charge in [-0.25, -0.2) is 9.18 Å². The molecule has 0 saturated carbocycles. The third-order valence-corrected chi connectivity index (χ3v) is 7.17. The van der Waals surface area contributed by atoms with Gasteiger partial charge in [0.25, 0.3) is 0 Å². The zero-order valence-corrected chi connectivity index (χ0v) is 23.6. The van der Waals surface area contributed by atoms with E-state index in [0.29, 0.717) is 12.8 Å². The van der Waals surface area contributed by atoms with Gasteiger partial charge in [-0.1, -0.05) is 11.6 Å². The summed E-state index contributed by atoms with van der Waals surface area (Å²) in [5, 5.41) is 9.70. The first-order valence-corrected chi connectivity index (χ1v) is 13.3. The fraction of sp³-hybridized carbons (Fsp3) is 0.444. The Hall–Kier alpha value is -4.12. The third-order valence-electron chi connectivity index (χ3n) is 6.87. The number of hydrogen-bond acceptors (Lipinski definition) is 9. The van der Waals surface area contributed by atoms with E-state index in [1.807, 2.05) is 6.07 Å². The van der Waals surface area contributed by atoms with Crippen LogP contribution < -0.4 is 15.4 Å². The van der Waals surface area contributed by atoms with Crippen molar-refractivity contribution >= 4 is 40.1 Å². The molecule has 4 heterocycles. The number of ether oxygens (including phenoxy) is 2. The first-order chi connectivity index (χ1) is 19.6. The summed E-state index contributed by atoms with van der Waals surface area (Å²) in [6, 6.07) is 3.30. The Balaban J connectivity index is 1.59. The second-order valence-corrected chi connectivity index (χ2v) is 11.5. The van der Waals surface area contributed by atoms with Crippen molar-refractivity contribution in [2.75, 3.05) is 30.3 Å². The molecule has 1 amide bonds. The molecule has 2 saturated heterocycles. The van der Waals surface area contributed by atoms with Gasteiger partial charge < -0.3 is 20.1 Å². The molecule has 0 spiro atoms. The Morgan fingerprint density at radius 3 is 2.45 bits per heavy atom. The molecule has 2 aromatic heterocycles. The Morgan fingerprint density at radius 2 is 1.86 bits per heavy atom. The summed E-state index contributed by atoms with van der Waals surface area (Å²) in [5.41, 5.74) is 4.53. The van der Waals surface area contributed by atoms with Crippen molar-refractivity contribution in [3.63, 3.8) is 0 Å². The van der Waals surface area contributed by atoms with Crippen molar-refractivity contribution in [2.24, 2.45) is 0 Å². The zero-order valence-electron chi connectivity index (χ0n) is 22.8. The number of nitrogens with zero attached hydrogens (tertiary/aromatic N) is 6. The summed E-state index contributed by atoms with van der Waals surface area (Å²) >= 11 is 6.15. The smallest absolute Gasteiger partial charge is 0.422 e. The van der Waals surface area contributed by atoms with E-state index in [0.717, 1.165) is 0 Å². The average molecular weight is 608 g/mol. The van der Waals surface area contributed by atoms with Gasteiger partial charge >= 0.3 is 18.3 Å². The standard InChI is InChI=1S/C27H26ClF4N7O3/c1-26(2,3)42-25(40)39-14-4-5-15(39)11-38(10-14)23-18-9-35-21(16-6-13(34)7-19(28)17(16)8-33)20(29)22(18)36-24(37-23)41-12-27(30,31)32/h6-7,9,14-15H,4-5,10-12,34H2,1-3H3/t14-,15+. The van der Waals surface area contributed by atoms with Crippen LogP contribution in [0.15, 0.2) is 18.3 Å². The van der Waals surface area contributed by atoms with Gasteiger partial charge in [-0.3, -0.25) is 9.88 Å². The molecule has 2 aliphatic rings. The summed E-state index contributed by atoms with van der Waals surface area (Å²) in [4.78, 5) is 28.7. The summed E-state index contributed by atoms with van der Waals surface area (Å²) in [7, 11) is 0. The SMILES string of the molecule is CC(C)(C)OC(=O)N1[C@@H]2CC[C@H]1CN(c1nc(OCC(F)(F)F)nc3c(F)c(-c4cc(N)cc(Cl)c4C#N)ncc13)C2. The molecule has 2 atom stereocenters. The van der Waals surface area contributed by atoms with Crippen LogP contribution in [0.1, 0.15) is 39.2 Å². The molecule has 2 bridgehead atoms. The number of aromatic nitrogens is 3. The van der Waals surface area contributed by atoms with Gasteiger partial charge in [-0.05, 0) is 45.7 Å². The maximum atomic E-state index is 16.1. The van der Waals surface area contributed by atoms with Crippen LogP contribution in [-0.2, 0) is 4.74 Å². The summed E-state index contributed by atoms with van der Waals surface area (Å²) in [6.45, 7) is 4.13. The summed E-state index contributed by atoms with van der Waals surface area (Å²) < 4.78 is 65.5. The highest BCUT2D eigenvalue weighted by molar-refractivity contribution is 6.32. The largest absolute Gasteiger partial charge is 0.454 e. The first-order valence-electron chi connectivity index (χ1n) is 13.0.